The fraction of sp³-hybridized carbons (Fsp3) is 0.692. The van der Waals surface area contributed by atoms with Gasteiger partial charge >= 0.3 is 5.97 Å². The Morgan fingerprint density at radius 2 is 2.18 bits per heavy atom. The molecule has 1 aromatic rings. The van der Waals surface area contributed by atoms with Gasteiger partial charge in [0.2, 0.25) is 0 Å². The molecule has 0 N–H and O–H groups in total. The summed E-state index contributed by atoms with van der Waals surface area (Å²) >= 11 is 0. The molecular weight excluding hydrogens is 216 g/mol. The second-order valence-corrected chi connectivity index (χ2v) is 4.94. The minimum atomic E-state index is -0.0380. The highest BCUT2D eigenvalue weighted by Gasteiger charge is 2.27. The normalized spacial score (nSPS) is 24.6. The van der Waals surface area contributed by atoms with Crippen LogP contribution in [-0.2, 0) is 23.0 Å². The zero-order chi connectivity index (χ0) is 12.3. The number of aryl methyl sites for hydroxylation is 1. The number of esters is 1. The molecule has 2 rings (SSSR count). The maximum Gasteiger partial charge on any atom is 0.308 e. The molecule has 0 spiro atoms. The average molecular weight is 236 g/mol. The topological polar surface area (TPSA) is 44.1 Å². The number of hydrogen-bond donors (Lipinski definition) is 0. The minimum absolute atomic E-state index is 0.0380. The lowest BCUT2D eigenvalue weighted by atomic mass is 9.80. The molecule has 1 saturated carbocycles. The molecule has 0 atom stereocenters. The number of nitrogens with zero attached hydrogens (tertiary/aromatic N) is 2. The van der Waals surface area contributed by atoms with Crippen molar-refractivity contribution in [3.63, 3.8) is 0 Å². The maximum absolute atomic E-state index is 11.4. The molecule has 1 heterocycles. The van der Waals surface area contributed by atoms with Crippen LogP contribution in [0.15, 0.2) is 12.5 Å². The van der Waals surface area contributed by atoms with Gasteiger partial charge in [0.15, 0.2) is 0 Å². The third kappa shape index (κ3) is 2.87. The van der Waals surface area contributed by atoms with Gasteiger partial charge in [-0.25, -0.2) is 4.98 Å². The molecule has 1 aliphatic rings. The number of aromatic nitrogens is 2. The van der Waals surface area contributed by atoms with E-state index in [4.69, 9.17) is 4.74 Å². The van der Waals surface area contributed by atoms with Crippen molar-refractivity contribution in [2.75, 3.05) is 7.11 Å². The van der Waals surface area contributed by atoms with Crippen LogP contribution < -0.4 is 0 Å². The van der Waals surface area contributed by atoms with Crippen molar-refractivity contribution in [1.82, 2.24) is 9.55 Å². The SMILES string of the molecule is COC(=O)C1CCC(Cc2cncn2C)CC1. The number of carbonyl (C=O) groups excluding carboxylic acids is 1. The van der Waals surface area contributed by atoms with E-state index in [1.165, 1.54) is 12.8 Å². The highest BCUT2D eigenvalue weighted by atomic mass is 16.5. The molecule has 0 aromatic carbocycles. The summed E-state index contributed by atoms with van der Waals surface area (Å²) in [5, 5.41) is 0. The Kier molecular flexibility index (Phi) is 3.82. The molecular formula is C13H20N2O2. The molecule has 0 amide bonds. The van der Waals surface area contributed by atoms with Crippen LogP contribution in [0.1, 0.15) is 31.4 Å². The monoisotopic (exact) mass is 236 g/mol. The van der Waals surface area contributed by atoms with Crippen LogP contribution >= 0.6 is 0 Å². The van der Waals surface area contributed by atoms with Gasteiger partial charge < -0.3 is 9.30 Å². The van der Waals surface area contributed by atoms with Gasteiger partial charge in [0.05, 0.1) is 19.4 Å². The molecule has 0 radical (unpaired) electrons. The van der Waals surface area contributed by atoms with E-state index in [0.29, 0.717) is 5.92 Å². The average Bonchev–Trinajstić information content (AvgIpc) is 2.75. The predicted molar refractivity (Wildman–Crippen MR) is 64.4 cm³/mol. The fourth-order valence-electron chi connectivity index (χ4n) is 2.65. The van der Waals surface area contributed by atoms with Gasteiger partial charge in [-0.15, -0.1) is 0 Å². The second-order valence-electron chi connectivity index (χ2n) is 4.94. The number of ether oxygens (including phenoxy) is 1. The van der Waals surface area contributed by atoms with Crippen LogP contribution in [-0.4, -0.2) is 22.6 Å². The van der Waals surface area contributed by atoms with Gasteiger partial charge in [-0.1, -0.05) is 0 Å². The standard InChI is InChI=1S/C13H20N2O2/c1-15-9-14-8-12(15)7-10-3-5-11(6-4-10)13(16)17-2/h8-11H,3-7H2,1-2H3. The van der Waals surface area contributed by atoms with Crippen molar-refractivity contribution in [3.05, 3.63) is 18.2 Å². The first-order valence-corrected chi connectivity index (χ1v) is 6.23. The summed E-state index contributed by atoms with van der Waals surface area (Å²) in [6, 6.07) is 0. The van der Waals surface area contributed by atoms with Crippen LogP contribution in [0.4, 0.5) is 0 Å². The highest BCUT2D eigenvalue weighted by Crippen LogP contribution is 2.31. The van der Waals surface area contributed by atoms with Crippen molar-refractivity contribution in [1.29, 1.82) is 0 Å². The zero-order valence-electron chi connectivity index (χ0n) is 10.6. The van der Waals surface area contributed by atoms with Gasteiger partial charge in [-0.2, -0.15) is 0 Å². The first-order valence-electron chi connectivity index (χ1n) is 6.23. The molecule has 1 fully saturated rings. The Hall–Kier alpha value is -1.32. The largest absolute Gasteiger partial charge is 0.469 e. The summed E-state index contributed by atoms with van der Waals surface area (Å²) in [4.78, 5) is 15.5. The molecule has 17 heavy (non-hydrogen) atoms. The Bertz CT molecular complexity index is 379. The van der Waals surface area contributed by atoms with E-state index in [9.17, 15) is 4.79 Å². The van der Waals surface area contributed by atoms with Crippen molar-refractivity contribution in [3.8, 4) is 0 Å². The Balaban J connectivity index is 1.83. The zero-order valence-corrected chi connectivity index (χ0v) is 10.6. The Morgan fingerprint density at radius 1 is 1.47 bits per heavy atom. The molecule has 0 aliphatic heterocycles. The smallest absolute Gasteiger partial charge is 0.308 e. The number of imidazole rings is 1. The van der Waals surface area contributed by atoms with E-state index in [1.54, 1.807) is 0 Å². The lowest BCUT2D eigenvalue weighted by Crippen LogP contribution is -2.24. The molecule has 0 bridgehead atoms. The molecule has 0 saturated heterocycles. The van der Waals surface area contributed by atoms with E-state index in [2.05, 4.69) is 9.55 Å². The number of carbonyl (C=O) groups is 1. The minimum Gasteiger partial charge on any atom is -0.469 e. The fourth-order valence-corrected chi connectivity index (χ4v) is 2.65. The summed E-state index contributed by atoms with van der Waals surface area (Å²) in [5.74, 6) is 0.776. The van der Waals surface area contributed by atoms with Gasteiger partial charge in [-0.05, 0) is 38.0 Å². The molecule has 94 valence electrons. The second kappa shape index (κ2) is 5.34. The highest BCUT2D eigenvalue weighted by molar-refractivity contribution is 5.72. The van der Waals surface area contributed by atoms with E-state index < -0.39 is 0 Å². The van der Waals surface area contributed by atoms with Crippen molar-refractivity contribution >= 4 is 5.97 Å². The third-order valence-electron chi connectivity index (χ3n) is 3.80. The first-order chi connectivity index (χ1) is 8.20. The lowest BCUT2D eigenvalue weighted by Gasteiger charge is -2.26. The van der Waals surface area contributed by atoms with Crippen LogP contribution in [0, 0.1) is 11.8 Å². The lowest BCUT2D eigenvalue weighted by molar-refractivity contribution is -0.146. The molecule has 4 nitrogen and oxygen atoms in total. The maximum atomic E-state index is 11.4. The summed E-state index contributed by atoms with van der Waals surface area (Å²) in [5.41, 5.74) is 1.28. The van der Waals surface area contributed by atoms with E-state index in [-0.39, 0.29) is 11.9 Å². The van der Waals surface area contributed by atoms with E-state index >= 15 is 0 Å². The number of rotatable bonds is 3. The van der Waals surface area contributed by atoms with Crippen LogP contribution in [0.3, 0.4) is 0 Å². The third-order valence-corrected chi connectivity index (χ3v) is 3.80. The predicted octanol–water partition coefficient (Wildman–Crippen LogP) is 1.94. The quantitative estimate of drug-likeness (QED) is 0.753. The van der Waals surface area contributed by atoms with E-state index in [1.807, 2.05) is 19.6 Å². The summed E-state index contributed by atoms with van der Waals surface area (Å²) in [6.45, 7) is 0. The molecule has 1 aromatic heterocycles. The van der Waals surface area contributed by atoms with Crippen LogP contribution in [0.5, 0.6) is 0 Å². The summed E-state index contributed by atoms with van der Waals surface area (Å²) in [7, 11) is 3.51. The van der Waals surface area contributed by atoms with Crippen LogP contribution in [0.25, 0.3) is 0 Å². The number of hydrogen-bond acceptors (Lipinski definition) is 3. The van der Waals surface area contributed by atoms with Crippen LogP contribution in [0.2, 0.25) is 0 Å². The van der Waals surface area contributed by atoms with Crippen molar-refractivity contribution in [2.45, 2.75) is 32.1 Å². The Labute approximate surface area is 102 Å². The van der Waals surface area contributed by atoms with Gasteiger partial charge in [0, 0.05) is 18.9 Å². The summed E-state index contributed by atoms with van der Waals surface area (Å²) in [6.07, 6.45) is 9.02. The Morgan fingerprint density at radius 3 is 2.71 bits per heavy atom. The molecule has 0 unspecified atom stereocenters. The van der Waals surface area contributed by atoms with Crippen molar-refractivity contribution < 1.29 is 9.53 Å². The first kappa shape index (κ1) is 12.1. The molecule has 4 heteroatoms. The molecule has 1 aliphatic carbocycles. The van der Waals surface area contributed by atoms with Crippen molar-refractivity contribution in [2.24, 2.45) is 18.9 Å². The van der Waals surface area contributed by atoms with Gasteiger partial charge in [0.25, 0.3) is 0 Å². The van der Waals surface area contributed by atoms with E-state index in [0.717, 1.165) is 32.1 Å². The van der Waals surface area contributed by atoms with Gasteiger partial charge in [0.1, 0.15) is 0 Å². The summed E-state index contributed by atoms with van der Waals surface area (Å²) < 4.78 is 6.87. The number of methoxy groups -OCH3 is 1. The van der Waals surface area contributed by atoms with Gasteiger partial charge in [-0.3, -0.25) is 4.79 Å².